The Labute approximate surface area is 158 Å². The minimum Gasteiger partial charge on any atom is -0.508 e. The number of hydrogen-bond donors (Lipinski definition) is 1. The first-order valence-corrected chi connectivity index (χ1v) is 9.95. The molecule has 26 heavy (non-hydrogen) atoms. The number of para-hydroxylation sites is 1. The highest BCUT2D eigenvalue weighted by Crippen LogP contribution is 2.50. The SMILES string of the molecule is CC.CC.Oc1ccc2c(c1)-c1cccc3nc4ccccc4c(c13)S2. The first kappa shape index (κ1) is 18.3. The molecule has 2 nitrogen and oxygen atoms in total. The van der Waals surface area contributed by atoms with E-state index in [9.17, 15) is 5.11 Å². The lowest BCUT2D eigenvalue weighted by atomic mass is 9.98. The Balaban J connectivity index is 0.000000461. The van der Waals surface area contributed by atoms with Gasteiger partial charge in [0.05, 0.1) is 11.0 Å². The second kappa shape index (κ2) is 7.79. The Kier molecular flexibility index (Phi) is 5.48. The minimum atomic E-state index is 0.300. The van der Waals surface area contributed by atoms with Gasteiger partial charge in [0.1, 0.15) is 5.75 Å². The van der Waals surface area contributed by atoms with E-state index in [-0.39, 0.29) is 0 Å². The summed E-state index contributed by atoms with van der Waals surface area (Å²) in [6, 6.07) is 20.1. The van der Waals surface area contributed by atoms with Gasteiger partial charge in [0.2, 0.25) is 0 Å². The predicted molar refractivity (Wildman–Crippen MR) is 113 cm³/mol. The van der Waals surface area contributed by atoms with Crippen LogP contribution in [0, 0.1) is 0 Å². The molecule has 4 aromatic rings. The number of pyridine rings is 1. The fraction of sp³-hybridized carbons (Fsp3) is 0.174. The van der Waals surface area contributed by atoms with Crippen molar-refractivity contribution >= 4 is 33.6 Å². The Hall–Kier alpha value is -2.52. The molecule has 0 saturated heterocycles. The molecule has 2 heterocycles. The van der Waals surface area contributed by atoms with Crippen molar-refractivity contribution in [3.63, 3.8) is 0 Å². The zero-order valence-electron chi connectivity index (χ0n) is 15.6. The third-order valence-corrected chi connectivity index (χ3v) is 5.33. The fourth-order valence-electron chi connectivity index (χ4n) is 3.16. The van der Waals surface area contributed by atoms with Crippen LogP contribution in [0.3, 0.4) is 0 Å². The highest BCUT2D eigenvalue weighted by atomic mass is 32.2. The molecule has 1 aliphatic rings. The maximum Gasteiger partial charge on any atom is 0.116 e. The highest BCUT2D eigenvalue weighted by Gasteiger charge is 2.22. The molecule has 0 atom stereocenters. The number of rotatable bonds is 0. The molecule has 0 amide bonds. The smallest absolute Gasteiger partial charge is 0.116 e. The number of hydrogen-bond acceptors (Lipinski definition) is 3. The van der Waals surface area contributed by atoms with E-state index in [1.807, 2.05) is 52.0 Å². The summed E-state index contributed by atoms with van der Waals surface area (Å²) in [4.78, 5) is 7.23. The van der Waals surface area contributed by atoms with Crippen LogP contribution in [0.1, 0.15) is 27.7 Å². The Morgan fingerprint density at radius 2 is 1.50 bits per heavy atom. The quantitative estimate of drug-likeness (QED) is 0.294. The van der Waals surface area contributed by atoms with E-state index in [4.69, 9.17) is 4.98 Å². The first-order valence-electron chi connectivity index (χ1n) is 9.14. The van der Waals surface area contributed by atoms with Crippen LogP contribution >= 0.6 is 11.8 Å². The van der Waals surface area contributed by atoms with Crippen molar-refractivity contribution in [2.45, 2.75) is 37.5 Å². The van der Waals surface area contributed by atoms with Gasteiger partial charge >= 0.3 is 0 Å². The van der Waals surface area contributed by atoms with Crippen molar-refractivity contribution in [1.82, 2.24) is 4.98 Å². The molecule has 0 spiro atoms. The summed E-state index contributed by atoms with van der Waals surface area (Å²) in [5.74, 6) is 0.300. The van der Waals surface area contributed by atoms with Crippen LogP contribution in [-0.2, 0) is 0 Å². The fourth-order valence-corrected chi connectivity index (χ4v) is 4.39. The Bertz CT molecular complexity index is 1070. The molecule has 0 fully saturated rings. The number of nitrogens with zero attached hydrogens (tertiary/aromatic N) is 1. The van der Waals surface area contributed by atoms with Gasteiger partial charge in [-0.3, -0.25) is 0 Å². The van der Waals surface area contributed by atoms with Crippen LogP contribution in [0.4, 0.5) is 0 Å². The second-order valence-corrected chi connectivity index (χ2v) is 6.49. The van der Waals surface area contributed by atoms with E-state index in [1.165, 1.54) is 20.6 Å². The van der Waals surface area contributed by atoms with Crippen molar-refractivity contribution < 1.29 is 5.11 Å². The molecule has 3 aromatic carbocycles. The Morgan fingerprint density at radius 1 is 0.769 bits per heavy atom. The minimum absolute atomic E-state index is 0.300. The lowest BCUT2D eigenvalue weighted by molar-refractivity contribution is 0.475. The maximum absolute atomic E-state index is 9.84. The van der Waals surface area contributed by atoms with Gasteiger partial charge in [-0.1, -0.05) is 69.8 Å². The molecule has 1 aromatic heterocycles. The van der Waals surface area contributed by atoms with E-state index in [0.29, 0.717) is 5.75 Å². The third kappa shape index (κ3) is 2.93. The van der Waals surface area contributed by atoms with Crippen molar-refractivity contribution in [2.24, 2.45) is 0 Å². The lowest BCUT2D eigenvalue weighted by Crippen LogP contribution is -1.95. The highest BCUT2D eigenvalue weighted by molar-refractivity contribution is 8.00. The molecule has 1 aliphatic heterocycles. The third-order valence-electron chi connectivity index (χ3n) is 4.12. The molecule has 3 heteroatoms. The molecule has 1 N–H and O–H groups in total. The van der Waals surface area contributed by atoms with Gasteiger partial charge in [-0.25, -0.2) is 4.98 Å². The summed E-state index contributed by atoms with van der Waals surface area (Å²) in [6.07, 6.45) is 0. The number of aromatic hydroxyl groups is 1. The molecular weight excluding hydrogens is 338 g/mol. The van der Waals surface area contributed by atoms with Gasteiger partial charge in [0.25, 0.3) is 0 Å². The van der Waals surface area contributed by atoms with Crippen LogP contribution in [0.2, 0.25) is 0 Å². The van der Waals surface area contributed by atoms with Crippen LogP contribution in [0.15, 0.2) is 70.5 Å². The summed E-state index contributed by atoms with van der Waals surface area (Å²) in [7, 11) is 0. The van der Waals surface area contributed by atoms with Gasteiger partial charge in [0, 0.05) is 20.6 Å². The van der Waals surface area contributed by atoms with Gasteiger partial charge in [-0.2, -0.15) is 0 Å². The predicted octanol–water partition coefficient (Wildman–Crippen LogP) is 7.28. The maximum atomic E-state index is 9.84. The van der Waals surface area contributed by atoms with Gasteiger partial charge in [-0.05, 0) is 41.5 Å². The van der Waals surface area contributed by atoms with Gasteiger partial charge in [-0.15, -0.1) is 0 Å². The number of fused-ring (bicyclic) bond motifs is 4. The van der Waals surface area contributed by atoms with Crippen LogP contribution in [0.5, 0.6) is 5.75 Å². The summed E-state index contributed by atoms with van der Waals surface area (Å²) in [6.45, 7) is 8.00. The van der Waals surface area contributed by atoms with Crippen molar-refractivity contribution in [3.8, 4) is 16.9 Å². The zero-order chi connectivity index (χ0) is 18.7. The average Bonchev–Trinajstić information content (AvgIpc) is 2.71. The molecule has 0 bridgehead atoms. The van der Waals surface area contributed by atoms with E-state index in [2.05, 4.69) is 30.3 Å². The second-order valence-electron chi connectivity index (χ2n) is 5.44. The largest absolute Gasteiger partial charge is 0.508 e. The molecular formula is C23H23NOS. The van der Waals surface area contributed by atoms with Gasteiger partial charge in [0.15, 0.2) is 0 Å². The number of benzene rings is 3. The summed E-state index contributed by atoms with van der Waals surface area (Å²) in [5.41, 5.74) is 4.26. The van der Waals surface area contributed by atoms with Crippen molar-refractivity contribution in [1.29, 1.82) is 0 Å². The zero-order valence-corrected chi connectivity index (χ0v) is 16.4. The van der Waals surface area contributed by atoms with Crippen LogP contribution < -0.4 is 0 Å². The summed E-state index contributed by atoms with van der Waals surface area (Å²) < 4.78 is 0. The van der Waals surface area contributed by atoms with Crippen LogP contribution in [0.25, 0.3) is 32.9 Å². The summed E-state index contributed by atoms with van der Waals surface area (Å²) in [5, 5.41) is 12.2. The van der Waals surface area contributed by atoms with Crippen LogP contribution in [-0.4, -0.2) is 10.1 Å². The first-order chi connectivity index (χ1) is 12.8. The monoisotopic (exact) mass is 361 g/mol. The van der Waals surface area contributed by atoms with Crippen molar-refractivity contribution in [3.05, 3.63) is 60.7 Å². The average molecular weight is 362 g/mol. The molecule has 0 unspecified atom stereocenters. The van der Waals surface area contributed by atoms with E-state index < -0.39 is 0 Å². The van der Waals surface area contributed by atoms with E-state index >= 15 is 0 Å². The van der Waals surface area contributed by atoms with E-state index in [1.54, 1.807) is 17.8 Å². The van der Waals surface area contributed by atoms with Gasteiger partial charge < -0.3 is 5.11 Å². The normalized spacial score (nSPS) is 11.1. The Morgan fingerprint density at radius 3 is 2.31 bits per heavy atom. The number of phenols is 1. The van der Waals surface area contributed by atoms with E-state index in [0.717, 1.165) is 22.2 Å². The standard InChI is InChI=1S/C19H11NOS.2C2H6/c21-11-8-9-17-14(10-11)12-5-3-7-16-18(12)19(22-17)13-4-1-2-6-15(13)20-16;2*1-2/h1-10,21H;2*1-2H3. The van der Waals surface area contributed by atoms with Crippen molar-refractivity contribution in [2.75, 3.05) is 0 Å². The lowest BCUT2D eigenvalue weighted by Gasteiger charge is -2.21. The molecule has 0 radical (unpaired) electrons. The molecule has 0 aliphatic carbocycles. The summed E-state index contributed by atoms with van der Waals surface area (Å²) >= 11 is 1.76. The molecule has 5 rings (SSSR count). The molecule has 0 saturated carbocycles. The topological polar surface area (TPSA) is 33.1 Å². The molecule has 132 valence electrons. The number of aromatic nitrogens is 1. The number of phenolic OH excluding ortho intramolecular Hbond substituents is 1.